The zero-order valence-electron chi connectivity index (χ0n) is 14.5. The molecule has 0 saturated carbocycles. The summed E-state index contributed by atoms with van der Waals surface area (Å²) in [6, 6.07) is 5.60. The number of carbonyl (C=O) groups excluding carboxylic acids is 1. The van der Waals surface area contributed by atoms with E-state index in [0.29, 0.717) is 24.2 Å². The van der Waals surface area contributed by atoms with Crippen LogP contribution in [0.1, 0.15) is 44.7 Å². The molecule has 6 heteroatoms. The van der Waals surface area contributed by atoms with Crippen molar-refractivity contribution in [3.8, 4) is 6.07 Å². The number of fused-ring (bicyclic) bond motifs is 1. The summed E-state index contributed by atoms with van der Waals surface area (Å²) in [7, 11) is 0. The Kier molecular flexibility index (Phi) is 4.17. The minimum Gasteiger partial charge on any atom is -0.296 e. The maximum atomic E-state index is 12.7. The van der Waals surface area contributed by atoms with E-state index >= 15 is 0 Å². The third-order valence-electron chi connectivity index (χ3n) is 4.89. The molecule has 6 nitrogen and oxygen atoms in total. The van der Waals surface area contributed by atoms with Crippen molar-refractivity contribution >= 4 is 5.78 Å². The largest absolute Gasteiger partial charge is 0.331 e. The van der Waals surface area contributed by atoms with Gasteiger partial charge in [0.15, 0.2) is 5.78 Å². The normalized spacial score (nSPS) is 12.7. The highest BCUT2D eigenvalue weighted by atomic mass is 16.2. The van der Waals surface area contributed by atoms with Crippen LogP contribution in [0.5, 0.6) is 0 Å². The van der Waals surface area contributed by atoms with E-state index in [9.17, 15) is 19.6 Å². The molecule has 0 saturated heterocycles. The molecule has 25 heavy (non-hydrogen) atoms. The van der Waals surface area contributed by atoms with Crippen LogP contribution in [0.15, 0.2) is 21.7 Å². The van der Waals surface area contributed by atoms with Gasteiger partial charge in [-0.05, 0) is 56.4 Å². The number of rotatable bonds is 3. The van der Waals surface area contributed by atoms with Crippen molar-refractivity contribution in [2.24, 2.45) is 0 Å². The number of hydrogen-bond donors (Lipinski definition) is 0. The molecule has 1 aliphatic heterocycles. The number of Topliss-reactive ketones (excluding diaryl/α,β-unsaturated/α-hetero) is 1. The Balaban J connectivity index is 2.10. The molecule has 0 aliphatic carbocycles. The van der Waals surface area contributed by atoms with Crippen LogP contribution in [0.3, 0.4) is 0 Å². The number of nitrogens with zero attached hydrogens (tertiary/aromatic N) is 3. The molecule has 0 bridgehead atoms. The molecule has 2 heterocycles. The van der Waals surface area contributed by atoms with Crippen LogP contribution in [0.2, 0.25) is 0 Å². The summed E-state index contributed by atoms with van der Waals surface area (Å²) in [5, 5.41) is 9.30. The molecule has 1 aromatic heterocycles. The topological polar surface area (TPSA) is 84.9 Å². The van der Waals surface area contributed by atoms with Gasteiger partial charge in [-0.2, -0.15) is 5.26 Å². The van der Waals surface area contributed by atoms with Gasteiger partial charge in [0.2, 0.25) is 0 Å². The summed E-state index contributed by atoms with van der Waals surface area (Å²) in [4.78, 5) is 37.8. The van der Waals surface area contributed by atoms with Crippen molar-refractivity contribution in [1.82, 2.24) is 9.13 Å². The smallest absolute Gasteiger partial charge is 0.296 e. The van der Waals surface area contributed by atoms with Crippen LogP contribution in [0.4, 0.5) is 0 Å². The number of carbonyl (C=O) groups is 1. The van der Waals surface area contributed by atoms with E-state index in [0.717, 1.165) is 27.7 Å². The van der Waals surface area contributed by atoms with Crippen LogP contribution in [-0.2, 0) is 19.5 Å². The summed E-state index contributed by atoms with van der Waals surface area (Å²) >= 11 is 0. The van der Waals surface area contributed by atoms with Gasteiger partial charge in [0.25, 0.3) is 5.56 Å². The van der Waals surface area contributed by atoms with Gasteiger partial charge in [0, 0.05) is 17.8 Å². The lowest BCUT2D eigenvalue weighted by molar-refractivity contribution is 0.0967. The van der Waals surface area contributed by atoms with Crippen molar-refractivity contribution in [1.29, 1.82) is 5.26 Å². The molecule has 0 N–H and O–H groups in total. The first kappa shape index (κ1) is 16.9. The van der Waals surface area contributed by atoms with Crippen molar-refractivity contribution < 1.29 is 4.79 Å². The Morgan fingerprint density at radius 2 is 1.84 bits per heavy atom. The lowest BCUT2D eigenvalue weighted by Crippen LogP contribution is -2.43. The first-order valence-electron chi connectivity index (χ1n) is 8.22. The van der Waals surface area contributed by atoms with Crippen molar-refractivity contribution in [2.75, 3.05) is 0 Å². The Morgan fingerprint density at radius 3 is 2.52 bits per heavy atom. The monoisotopic (exact) mass is 337 g/mol. The molecular formula is C19H19N3O3. The van der Waals surface area contributed by atoms with E-state index in [4.69, 9.17) is 0 Å². The van der Waals surface area contributed by atoms with E-state index < -0.39 is 11.2 Å². The fourth-order valence-corrected chi connectivity index (χ4v) is 3.38. The van der Waals surface area contributed by atoms with Gasteiger partial charge < -0.3 is 0 Å². The Labute approximate surface area is 145 Å². The standard InChI is InChI=1S/C19H19N3O3/c1-11-7-13(3)14(8-12(11)2)17(23)10-22-18(24)15(9-20)16-5-4-6-21(16)19(22)25/h7-8H,4-6,10H2,1-3H3. The second-order valence-corrected chi connectivity index (χ2v) is 6.54. The molecule has 0 amide bonds. The van der Waals surface area contributed by atoms with E-state index in [-0.39, 0.29) is 17.9 Å². The van der Waals surface area contributed by atoms with Crippen molar-refractivity contribution in [3.63, 3.8) is 0 Å². The number of benzene rings is 1. The molecule has 128 valence electrons. The van der Waals surface area contributed by atoms with Crippen molar-refractivity contribution in [2.45, 2.75) is 46.7 Å². The summed E-state index contributed by atoms with van der Waals surface area (Å²) < 4.78 is 2.34. The minimum atomic E-state index is -0.671. The Morgan fingerprint density at radius 1 is 1.16 bits per heavy atom. The van der Waals surface area contributed by atoms with Crippen LogP contribution >= 0.6 is 0 Å². The highest BCUT2D eigenvalue weighted by Gasteiger charge is 2.24. The molecule has 1 aromatic carbocycles. The highest BCUT2D eigenvalue weighted by molar-refractivity contribution is 5.97. The van der Waals surface area contributed by atoms with E-state index in [1.807, 2.05) is 32.9 Å². The average Bonchev–Trinajstić information content (AvgIpc) is 3.04. The summed E-state index contributed by atoms with van der Waals surface area (Å²) in [6.07, 6.45) is 1.26. The summed E-state index contributed by atoms with van der Waals surface area (Å²) in [5.74, 6) is -0.303. The van der Waals surface area contributed by atoms with Gasteiger partial charge in [-0.15, -0.1) is 0 Å². The summed E-state index contributed by atoms with van der Waals surface area (Å²) in [5.41, 5.74) is 2.65. The van der Waals surface area contributed by atoms with Crippen LogP contribution in [-0.4, -0.2) is 14.9 Å². The van der Waals surface area contributed by atoms with E-state index in [1.165, 1.54) is 4.57 Å². The predicted molar refractivity (Wildman–Crippen MR) is 93.0 cm³/mol. The lowest BCUT2D eigenvalue weighted by Gasteiger charge is -2.12. The molecule has 0 unspecified atom stereocenters. The second-order valence-electron chi connectivity index (χ2n) is 6.54. The SMILES string of the molecule is Cc1cc(C)c(C(=O)Cn2c(=O)c(C#N)c3n(c2=O)CCC3)cc1C. The minimum absolute atomic E-state index is 0.0262. The van der Waals surface area contributed by atoms with Crippen LogP contribution in [0, 0.1) is 32.1 Å². The molecule has 1 aliphatic rings. The van der Waals surface area contributed by atoms with Gasteiger partial charge in [-0.3, -0.25) is 18.7 Å². The molecule has 0 fully saturated rings. The zero-order chi connectivity index (χ0) is 18.3. The maximum absolute atomic E-state index is 12.7. The first-order chi connectivity index (χ1) is 11.8. The second kappa shape index (κ2) is 6.17. The Hall–Kier alpha value is -2.94. The fourth-order valence-electron chi connectivity index (χ4n) is 3.38. The predicted octanol–water partition coefficient (Wildman–Crippen LogP) is 1.64. The van der Waals surface area contributed by atoms with E-state index in [2.05, 4.69) is 0 Å². The van der Waals surface area contributed by atoms with Gasteiger partial charge in [0.1, 0.15) is 11.6 Å². The third-order valence-corrected chi connectivity index (χ3v) is 4.89. The zero-order valence-corrected chi connectivity index (χ0v) is 14.5. The van der Waals surface area contributed by atoms with Gasteiger partial charge >= 0.3 is 5.69 Å². The third kappa shape index (κ3) is 2.72. The highest BCUT2D eigenvalue weighted by Crippen LogP contribution is 2.17. The molecule has 0 spiro atoms. The maximum Gasteiger partial charge on any atom is 0.331 e. The van der Waals surface area contributed by atoms with Gasteiger partial charge in [0.05, 0.1) is 6.54 Å². The average molecular weight is 337 g/mol. The quantitative estimate of drug-likeness (QED) is 0.797. The van der Waals surface area contributed by atoms with Crippen LogP contribution in [0.25, 0.3) is 0 Å². The number of ketones is 1. The molecular weight excluding hydrogens is 318 g/mol. The first-order valence-corrected chi connectivity index (χ1v) is 8.22. The fraction of sp³-hybridized carbons (Fsp3) is 0.368. The number of nitriles is 1. The Bertz CT molecular complexity index is 1050. The van der Waals surface area contributed by atoms with E-state index in [1.54, 1.807) is 6.07 Å². The molecule has 0 atom stereocenters. The number of aromatic nitrogens is 2. The number of hydrogen-bond acceptors (Lipinski definition) is 4. The molecule has 0 radical (unpaired) electrons. The molecule has 3 rings (SSSR count). The van der Waals surface area contributed by atoms with Crippen LogP contribution < -0.4 is 11.2 Å². The van der Waals surface area contributed by atoms with Crippen molar-refractivity contribution in [3.05, 3.63) is 66.5 Å². The molecule has 2 aromatic rings. The number of aryl methyl sites for hydroxylation is 3. The van der Waals surface area contributed by atoms with Gasteiger partial charge in [-0.1, -0.05) is 6.07 Å². The summed E-state index contributed by atoms with van der Waals surface area (Å²) in [6.45, 7) is 5.83. The lowest BCUT2D eigenvalue weighted by atomic mass is 9.98. The van der Waals surface area contributed by atoms with Gasteiger partial charge in [-0.25, -0.2) is 4.79 Å².